The van der Waals surface area contributed by atoms with Gasteiger partial charge in [-0.25, -0.2) is 4.90 Å². The van der Waals surface area contributed by atoms with Crippen molar-refractivity contribution in [1.82, 2.24) is 0 Å². The molecule has 4 rings (SSSR count). The molecule has 0 radical (unpaired) electrons. The molecule has 0 bridgehead atoms. The maximum absolute atomic E-state index is 12.7. The summed E-state index contributed by atoms with van der Waals surface area (Å²) >= 11 is 6.87. The summed E-state index contributed by atoms with van der Waals surface area (Å²) in [5, 5.41) is 11.0. The van der Waals surface area contributed by atoms with E-state index in [9.17, 15) is 19.7 Å². The fourth-order valence-corrected chi connectivity index (χ4v) is 3.89. The van der Waals surface area contributed by atoms with Crippen molar-refractivity contribution in [3.05, 3.63) is 86.5 Å². The van der Waals surface area contributed by atoms with Gasteiger partial charge in [0.1, 0.15) is 11.5 Å². The normalized spacial score (nSPS) is 15.3. The molecule has 2 aromatic carbocycles. The second-order valence-corrected chi connectivity index (χ2v) is 7.35. The number of para-hydroxylation sites is 2. The zero-order valence-corrected chi connectivity index (χ0v) is 16.1. The maximum Gasteiger partial charge on any atom is 0.298 e. The van der Waals surface area contributed by atoms with Crippen LogP contribution in [0.2, 0.25) is 5.02 Å². The van der Waals surface area contributed by atoms with Gasteiger partial charge in [0, 0.05) is 12.1 Å². The van der Waals surface area contributed by atoms with E-state index in [-0.39, 0.29) is 21.4 Å². The number of anilines is 1. The number of nitro groups is 1. The van der Waals surface area contributed by atoms with Crippen LogP contribution in [0.4, 0.5) is 16.2 Å². The van der Waals surface area contributed by atoms with Crippen LogP contribution in [0, 0.1) is 10.1 Å². The number of imide groups is 1. The van der Waals surface area contributed by atoms with Gasteiger partial charge in [-0.1, -0.05) is 35.9 Å². The van der Waals surface area contributed by atoms with Gasteiger partial charge >= 0.3 is 0 Å². The smallest absolute Gasteiger partial charge is 0.298 e. The molecule has 0 spiro atoms. The highest BCUT2D eigenvalue weighted by molar-refractivity contribution is 8.19. The molecule has 0 atom stereocenters. The number of amides is 2. The van der Waals surface area contributed by atoms with Crippen molar-refractivity contribution >= 4 is 52.0 Å². The molecule has 29 heavy (non-hydrogen) atoms. The van der Waals surface area contributed by atoms with Crippen molar-refractivity contribution in [2.45, 2.75) is 0 Å². The topological polar surface area (TPSA) is 93.7 Å². The number of benzene rings is 2. The molecule has 2 heterocycles. The summed E-state index contributed by atoms with van der Waals surface area (Å²) in [4.78, 5) is 37.0. The monoisotopic (exact) mass is 426 g/mol. The second-order valence-electron chi connectivity index (χ2n) is 5.94. The van der Waals surface area contributed by atoms with E-state index in [2.05, 4.69) is 0 Å². The Kier molecular flexibility index (Phi) is 4.96. The first-order chi connectivity index (χ1) is 14.0. The van der Waals surface area contributed by atoms with Gasteiger partial charge in [-0.15, -0.1) is 0 Å². The molecule has 1 aromatic heterocycles. The highest BCUT2D eigenvalue weighted by Gasteiger charge is 2.37. The highest BCUT2D eigenvalue weighted by Crippen LogP contribution is 2.39. The number of nitro benzene ring substituents is 1. The van der Waals surface area contributed by atoms with E-state index < -0.39 is 16.1 Å². The van der Waals surface area contributed by atoms with E-state index in [0.29, 0.717) is 17.0 Å². The summed E-state index contributed by atoms with van der Waals surface area (Å²) in [6.07, 6.45) is 1.43. The number of nitrogens with zero attached hydrogens (tertiary/aromatic N) is 2. The molecule has 9 heteroatoms. The first-order valence-corrected chi connectivity index (χ1v) is 9.51. The molecular formula is C20H11ClN2O5S. The molecule has 0 unspecified atom stereocenters. The van der Waals surface area contributed by atoms with Gasteiger partial charge in [0.05, 0.1) is 26.1 Å². The van der Waals surface area contributed by atoms with Gasteiger partial charge in [-0.3, -0.25) is 19.7 Å². The molecule has 3 aromatic rings. The molecule has 2 amide bonds. The van der Waals surface area contributed by atoms with Crippen molar-refractivity contribution < 1.29 is 18.9 Å². The van der Waals surface area contributed by atoms with Crippen LogP contribution < -0.4 is 4.90 Å². The van der Waals surface area contributed by atoms with Gasteiger partial charge in [0.2, 0.25) is 0 Å². The Bertz CT molecular complexity index is 1190. The first-order valence-electron chi connectivity index (χ1n) is 8.32. The Morgan fingerprint density at radius 2 is 1.76 bits per heavy atom. The SMILES string of the molecule is O=C1SC(=Cc2ccc(-c3ccccc3[N+](=O)[O-])o2)C(=O)N1c1ccccc1Cl. The van der Waals surface area contributed by atoms with Crippen LogP contribution in [0.25, 0.3) is 17.4 Å². The van der Waals surface area contributed by atoms with Gasteiger partial charge in [-0.2, -0.15) is 0 Å². The molecular weight excluding hydrogens is 416 g/mol. The molecule has 7 nitrogen and oxygen atoms in total. The molecule has 144 valence electrons. The van der Waals surface area contributed by atoms with E-state index in [1.165, 1.54) is 12.1 Å². The third-order valence-electron chi connectivity index (χ3n) is 4.15. The fourth-order valence-electron chi connectivity index (χ4n) is 2.85. The fraction of sp³-hybridized carbons (Fsp3) is 0. The Labute approximate surface area is 173 Å². The lowest BCUT2D eigenvalue weighted by Gasteiger charge is -2.13. The van der Waals surface area contributed by atoms with Crippen LogP contribution >= 0.6 is 23.4 Å². The van der Waals surface area contributed by atoms with Gasteiger partial charge < -0.3 is 4.42 Å². The Hall–Kier alpha value is -3.36. The zero-order valence-electron chi connectivity index (χ0n) is 14.6. The molecule has 0 aliphatic carbocycles. The largest absolute Gasteiger partial charge is 0.456 e. The van der Waals surface area contributed by atoms with E-state index in [1.54, 1.807) is 54.6 Å². The average molecular weight is 427 g/mol. The highest BCUT2D eigenvalue weighted by atomic mass is 35.5. The number of halogens is 1. The van der Waals surface area contributed by atoms with Crippen molar-refractivity contribution in [1.29, 1.82) is 0 Å². The molecule has 1 aliphatic heterocycles. The van der Waals surface area contributed by atoms with Crippen LogP contribution in [0.15, 0.2) is 70.0 Å². The lowest BCUT2D eigenvalue weighted by Crippen LogP contribution is -2.27. The van der Waals surface area contributed by atoms with Crippen molar-refractivity contribution in [3.8, 4) is 11.3 Å². The molecule has 1 fully saturated rings. The summed E-state index contributed by atoms with van der Waals surface area (Å²) in [5.74, 6) is 0.0634. The van der Waals surface area contributed by atoms with E-state index >= 15 is 0 Å². The van der Waals surface area contributed by atoms with Crippen LogP contribution in [0.1, 0.15) is 5.76 Å². The van der Waals surface area contributed by atoms with Gasteiger partial charge in [0.25, 0.3) is 16.8 Å². The van der Waals surface area contributed by atoms with Crippen molar-refractivity contribution in [2.75, 3.05) is 4.90 Å². The Morgan fingerprint density at radius 1 is 1.03 bits per heavy atom. The summed E-state index contributed by atoms with van der Waals surface area (Å²) in [7, 11) is 0. The third kappa shape index (κ3) is 3.55. The lowest BCUT2D eigenvalue weighted by molar-refractivity contribution is -0.384. The average Bonchev–Trinajstić information content (AvgIpc) is 3.27. The van der Waals surface area contributed by atoms with Crippen molar-refractivity contribution in [2.24, 2.45) is 0 Å². The minimum absolute atomic E-state index is 0.0903. The standard InChI is InChI=1S/C20H11ClN2O5S/c21-14-6-2-4-8-16(14)22-19(24)18(29-20(22)25)11-12-9-10-17(28-12)13-5-1-3-7-15(13)23(26)27/h1-11H. The second kappa shape index (κ2) is 7.57. The van der Waals surface area contributed by atoms with Crippen LogP contribution in [0.3, 0.4) is 0 Å². The van der Waals surface area contributed by atoms with Gasteiger partial charge in [-0.05, 0) is 42.1 Å². The van der Waals surface area contributed by atoms with Crippen LogP contribution in [-0.4, -0.2) is 16.1 Å². The van der Waals surface area contributed by atoms with Gasteiger partial charge in [0.15, 0.2) is 0 Å². The molecule has 0 saturated carbocycles. The maximum atomic E-state index is 12.7. The number of rotatable bonds is 4. The number of hydrogen-bond donors (Lipinski definition) is 0. The molecule has 1 saturated heterocycles. The van der Waals surface area contributed by atoms with E-state index in [4.69, 9.17) is 16.0 Å². The summed E-state index contributed by atoms with van der Waals surface area (Å²) in [6.45, 7) is 0. The number of thioether (sulfide) groups is 1. The van der Waals surface area contributed by atoms with Crippen molar-refractivity contribution in [3.63, 3.8) is 0 Å². The number of carbonyl (C=O) groups excluding carboxylic acids is 2. The minimum Gasteiger partial charge on any atom is -0.456 e. The van der Waals surface area contributed by atoms with E-state index in [0.717, 1.165) is 16.7 Å². The lowest BCUT2D eigenvalue weighted by atomic mass is 10.1. The summed E-state index contributed by atoms with van der Waals surface area (Å²) in [6, 6.07) is 15.9. The Balaban J connectivity index is 1.65. The Morgan fingerprint density at radius 3 is 2.52 bits per heavy atom. The first kappa shape index (κ1) is 19.0. The minimum atomic E-state index is -0.517. The predicted octanol–water partition coefficient (Wildman–Crippen LogP) is 5.75. The molecule has 0 N–H and O–H groups in total. The molecule has 1 aliphatic rings. The zero-order chi connectivity index (χ0) is 20.5. The van der Waals surface area contributed by atoms with Crippen LogP contribution in [0.5, 0.6) is 0 Å². The quantitative estimate of drug-likeness (QED) is 0.299. The van der Waals surface area contributed by atoms with Crippen LogP contribution in [-0.2, 0) is 4.79 Å². The number of hydrogen-bond acceptors (Lipinski definition) is 6. The number of furan rings is 1. The predicted molar refractivity (Wildman–Crippen MR) is 111 cm³/mol. The number of carbonyl (C=O) groups is 2. The summed E-state index contributed by atoms with van der Waals surface area (Å²) in [5.41, 5.74) is 0.536. The summed E-state index contributed by atoms with van der Waals surface area (Å²) < 4.78 is 5.67. The van der Waals surface area contributed by atoms with E-state index in [1.807, 2.05) is 0 Å². The third-order valence-corrected chi connectivity index (χ3v) is 5.34.